The Bertz CT molecular complexity index is 224. The molecule has 1 saturated heterocycles. The molecule has 2 nitrogen and oxygen atoms in total. The van der Waals surface area contributed by atoms with Gasteiger partial charge in [0, 0.05) is 17.1 Å². The van der Waals surface area contributed by atoms with Gasteiger partial charge in [0.1, 0.15) is 0 Å². The highest BCUT2D eigenvalue weighted by atomic mass is 32.2. The van der Waals surface area contributed by atoms with Crippen molar-refractivity contribution in [3.05, 3.63) is 0 Å². The first-order valence-electron chi connectivity index (χ1n) is 6.59. The molecular weight excluding hydrogens is 220 g/mol. The summed E-state index contributed by atoms with van der Waals surface area (Å²) >= 11 is 1.96. The molecule has 3 atom stereocenters. The van der Waals surface area contributed by atoms with E-state index in [1.807, 2.05) is 18.7 Å². The minimum atomic E-state index is -0.202. The van der Waals surface area contributed by atoms with Gasteiger partial charge < -0.3 is 9.84 Å². The SMILES string of the molecule is CC(O)C(C)SC1CCOC2(CCCC2)C1. The van der Waals surface area contributed by atoms with Crippen molar-refractivity contribution in [3.63, 3.8) is 0 Å². The largest absolute Gasteiger partial charge is 0.392 e. The van der Waals surface area contributed by atoms with E-state index < -0.39 is 0 Å². The highest BCUT2D eigenvalue weighted by molar-refractivity contribution is 8.00. The quantitative estimate of drug-likeness (QED) is 0.827. The topological polar surface area (TPSA) is 29.5 Å². The van der Waals surface area contributed by atoms with Crippen molar-refractivity contribution in [2.45, 2.75) is 74.6 Å². The fourth-order valence-corrected chi connectivity index (χ4v) is 4.35. The maximum Gasteiger partial charge on any atom is 0.0693 e. The van der Waals surface area contributed by atoms with Crippen molar-refractivity contribution in [2.24, 2.45) is 0 Å². The second-order valence-corrected chi connectivity index (χ2v) is 7.12. The van der Waals surface area contributed by atoms with E-state index in [0.29, 0.717) is 10.5 Å². The van der Waals surface area contributed by atoms with Crippen LogP contribution in [-0.4, -0.2) is 33.9 Å². The molecule has 1 aliphatic heterocycles. The van der Waals surface area contributed by atoms with Crippen molar-refractivity contribution in [1.29, 1.82) is 0 Å². The number of aliphatic hydroxyl groups is 1. The maximum absolute atomic E-state index is 9.56. The Morgan fingerprint density at radius 3 is 2.62 bits per heavy atom. The second-order valence-electron chi connectivity index (χ2n) is 5.44. The van der Waals surface area contributed by atoms with Gasteiger partial charge >= 0.3 is 0 Å². The molecule has 3 unspecified atom stereocenters. The van der Waals surface area contributed by atoms with Crippen LogP contribution in [0.3, 0.4) is 0 Å². The van der Waals surface area contributed by atoms with Crippen LogP contribution in [0.1, 0.15) is 52.4 Å². The Labute approximate surface area is 103 Å². The van der Waals surface area contributed by atoms with E-state index >= 15 is 0 Å². The minimum Gasteiger partial charge on any atom is -0.392 e. The molecule has 2 aliphatic rings. The molecular formula is C13H24O2S. The van der Waals surface area contributed by atoms with Gasteiger partial charge in [0.2, 0.25) is 0 Å². The summed E-state index contributed by atoms with van der Waals surface area (Å²) in [5.41, 5.74) is 0.217. The van der Waals surface area contributed by atoms with E-state index in [4.69, 9.17) is 4.74 Å². The van der Waals surface area contributed by atoms with E-state index in [1.54, 1.807) is 0 Å². The second kappa shape index (κ2) is 5.28. The normalized spacial score (nSPS) is 32.8. The molecule has 2 fully saturated rings. The van der Waals surface area contributed by atoms with E-state index in [2.05, 4.69) is 6.92 Å². The van der Waals surface area contributed by atoms with Gasteiger partial charge in [-0.1, -0.05) is 19.8 Å². The molecule has 1 saturated carbocycles. The lowest BCUT2D eigenvalue weighted by Crippen LogP contribution is -2.39. The summed E-state index contributed by atoms with van der Waals surface area (Å²) in [4.78, 5) is 0. The number of hydrogen-bond donors (Lipinski definition) is 1. The fourth-order valence-electron chi connectivity index (χ4n) is 2.88. The van der Waals surface area contributed by atoms with Crippen LogP contribution in [0.5, 0.6) is 0 Å². The third-order valence-corrected chi connectivity index (χ3v) is 5.66. The van der Waals surface area contributed by atoms with Crippen LogP contribution in [0.15, 0.2) is 0 Å². The molecule has 0 aromatic carbocycles. The van der Waals surface area contributed by atoms with Crippen LogP contribution in [0.25, 0.3) is 0 Å². The van der Waals surface area contributed by atoms with E-state index in [0.717, 1.165) is 13.0 Å². The van der Waals surface area contributed by atoms with Crippen LogP contribution >= 0.6 is 11.8 Å². The van der Waals surface area contributed by atoms with Crippen LogP contribution < -0.4 is 0 Å². The molecule has 0 radical (unpaired) electrons. The van der Waals surface area contributed by atoms with Crippen molar-refractivity contribution in [3.8, 4) is 0 Å². The summed E-state index contributed by atoms with van der Waals surface area (Å²) in [6.07, 6.45) is 7.35. The van der Waals surface area contributed by atoms with E-state index in [9.17, 15) is 5.11 Å². The standard InChI is InChI=1S/C13H24O2S/c1-10(14)11(2)16-12-5-8-15-13(9-12)6-3-4-7-13/h10-12,14H,3-9H2,1-2H3. The summed E-state index contributed by atoms with van der Waals surface area (Å²) < 4.78 is 6.02. The Morgan fingerprint density at radius 1 is 1.31 bits per heavy atom. The highest BCUT2D eigenvalue weighted by Crippen LogP contribution is 2.43. The fraction of sp³-hybridized carbons (Fsp3) is 1.00. The van der Waals surface area contributed by atoms with Crippen molar-refractivity contribution < 1.29 is 9.84 Å². The highest BCUT2D eigenvalue weighted by Gasteiger charge is 2.40. The number of thioether (sulfide) groups is 1. The van der Waals surface area contributed by atoms with E-state index in [-0.39, 0.29) is 11.7 Å². The third-order valence-electron chi connectivity index (χ3n) is 4.05. The molecule has 0 amide bonds. The van der Waals surface area contributed by atoms with Crippen molar-refractivity contribution in [1.82, 2.24) is 0 Å². The molecule has 0 aromatic heterocycles. The number of aliphatic hydroxyl groups excluding tert-OH is 1. The van der Waals surface area contributed by atoms with Gasteiger partial charge in [-0.2, -0.15) is 11.8 Å². The van der Waals surface area contributed by atoms with Crippen LogP contribution in [-0.2, 0) is 4.74 Å². The Balaban J connectivity index is 1.87. The summed E-state index contributed by atoms with van der Waals surface area (Å²) in [6, 6.07) is 0. The zero-order valence-electron chi connectivity index (χ0n) is 10.4. The average Bonchev–Trinajstić information content (AvgIpc) is 2.66. The molecule has 1 spiro atoms. The van der Waals surface area contributed by atoms with Gasteiger partial charge in [-0.25, -0.2) is 0 Å². The molecule has 0 bridgehead atoms. The number of ether oxygens (including phenoxy) is 1. The molecule has 1 aliphatic carbocycles. The van der Waals surface area contributed by atoms with Gasteiger partial charge in [-0.15, -0.1) is 0 Å². The molecule has 0 aromatic rings. The van der Waals surface area contributed by atoms with Crippen molar-refractivity contribution >= 4 is 11.8 Å². The molecule has 94 valence electrons. The monoisotopic (exact) mass is 244 g/mol. The van der Waals surface area contributed by atoms with Crippen LogP contribution in [0.2, 0.25) is 0 Å². The van der Waals surface area contributed by atoms with Crippen molar-refractivity contribution in [2.75, 3.05) is 6.61 Å². The molecule has 3 heteroatoms. The van der Waals surface area contributed by atoms with Crippen LogP contribution in [0.4, 0.5) is 0 Å². The first-order chi connectivity index (χ1) is 7.61. The Kier molecular flexibility index (Phi) is 4.20. The van der Waals surface area contributed by atoms with Gasteiger partial charge in [0.05, 0.1) is 11.7 Å². The molecule has 1 heterocycles. The summed E-state index contributed by atoms with van der Waals surface area (Å²) in [5, 5.41) is 10.6. The molecule has 1 N–H and O–H groups in total. The lowest BCUT2D eigenvalue weighted by Gasteiger charge is -2.39. The summed E-state index contributed by atoms with van der Waals surface area (Å²) in [7, 11) is 0. The lowest BCUT2D eigenvalue weighted by atomic mass is 9.92. The van der Waals surface area contributed by atoms with Gasteiger partial charge in [-0.05, 0) is 32.6 Å². The summed E-state index contributed by atoms with van der Waals surface area (Å²) in [6.45, 7) is 4.94. The Hall–Kier alpha value is 0.270. The minimum absolute atomic E-state index is 0.202. The third kappa shape index (κ3) is 2.93. The molecule has 2 rings (SSSR count). The first kappa shape index (κ1) is 12.7. The van der Waals surface area contributed by atoms with Gasteiger partial charge in [0.25, 0.3) is 0 Å². The van der Waals surface area contributed by atoms with Crippen LogP contribution in [0, 0.1) is 0 Å². The predicted octanol–water partition coefficient (Wildman–Crippen LogP) is 2.98. The average molecular weight is 244 g/mol. The number of hydrogen-bond acceptors (Lipinski definition) is 3. The molecule has 16 heavy (non-hydrogen) atoms. The van der Waals surface area contributed by atoms with Gasteiger partial charge in [0.15, 0.2) is 0 Å². The van der Waals surface area contributed by atoms with Gasteiger partial charge in [-0.3, -0.25) is 0 Å². The summed E-state index contributed by atoms with van der Waals surface area (Å²) in [5.74, 6) is 0. The van der Waals surface area contributed by atoms with E-state index in [1.165, 1.54) is 32.1 Å². The first-order valence-corrected chi connectivity index (χ1v) is 7.53. The predicted molar refractivity (Wildman–Crippen MR) is 68.9 cm³/mol. The number of rotatable bonds is 3. The lowest BCUT2D eigenvalue weighted by molar-refractivity contribution is -0.0704. The smallest absolute Gasteiger partial charge is 0.0693 e. The zero-order chi connectivity index (χ0) is 11.6. The maximum atomic E-state index is 9.56. The Morgan fingerprint density at radius 2 is 2.00 bits per heavy atom. The zero-order valence-corrected chi connectivity index (χ0v) is 11.3.